The molecule has 0 amide bonds. The number of carbonyl (C=O) groups is 2. The molecule has 0 unspecified atom stereocenters. The zero-order valence-electron chi connectivity index (χ0n) is 28.8. The molecule has 2 aliphatic rings. The zero-order valence-corrected chi connectivity index (χ0v) is 31.1. The Balaban J connectivity index is 1.34. The van der Waals surface area contributed by atoms with Gasteiger partial charge in [0.2, 0.25) is 5.82 Å². The topological polar surface area (TPSA) is 118 Å². The van der Waals surface area contributed by atoms with Crippen LogP contribution in [-0.2, 0) is 16.8 Å². The number of tetrazole rings is 1. The summed E-state index contributed by atoms with van der Waals surface area (Å²) in [6.07, 6.45) is 3.79. The minimum Gasteiger partial charge on any atom is -0.472 e. The number of hydrogen-bond acceptors (Lipinski definition) is 8. The Labute approximate surface area is 323 Å². The van der Waals surface area contributed by atoms with Gasteiger partial charge in [-0.3, -0.25) is 4.79 Å². The van der Waals surface area contributed by atoms with E-state index in [1.165, 1.54) is 4.57 Å². The molecule has 3 heterocycles. The molecule has 0 bridgehead atoms. The molecular weight excluding hydrogens is 768 g/mol. The molecule has 10 nitrogen and oxygen atoms in total. The summed E-state index contributed by atoms with van der Waals surface area (Å²) in [4.78, 5) is 31.3. The summed E-state index contributed by atoms with van der Waals surface area (Å²) < 4.78 is 13.1. The van der Waals surface area contributed by atoms with Gasteiger partial charge >= 0.3 is 5.97 Å². The van der Waals surface area contributed by atoms with E-state index in [0.29, 0.717) is 17.7 Å². The molecule has 54 heavy (non-hydrogen) atoms. The second-order valence-corrected chi connectivity index (χ2v) is 13.5. The fraction of sp³-hybridized carbons (Fsp3) is 0.0952. The van der Waals surface area contributed by atoms with Crippen molar-refractivity contribution in [1.29, 1.82) is 0 Å². The number of halogens is 2. The molecule has 4 aromatic carbocycles. The van der Waals surface area contributed by atoms with Crippen molar-refractivity contribution < 1.29 is 18.7 Å². The fourth-order valence-electron chi connectivity index (χ4n) is 7.13. The predicted molar refractivity (Wildman–Crippen MR) is 208 cm³/mol. The monoisotopic (exact) mass is 796 g/mol. The second-order valence-electron chi connectivity index (χ2n) is 12.3. The van der Waals surface area contributed by atoms with E-state index in [1.807, 2.05) is 84.9 Å². The van der Waals surface area contributed by atoms with Crippen molar-refractivity contribution in [3.05, 3.63) is 177 Å². The second kappa shape index (κ2) is 14.7. The van der Waals surface area contributed by atoms with Crippen LogP contribution in [0, 0.1) is 0 Å². The first kappa shape index (κ1) is 34.9. The first-order valence-electron chi connectivity index (χ1n) is 17.1. The van der Waals surface area contributed by atoms with Gasteiger partial charge in [-0.1, -0.05) is 127 Å². The van der Waals surface area contributed by atoms with Gasteiger partial charge in [0.25, 0.3) is 0 Å². The van der Waals surface area contributed by atoms with Crippen molar-refractivity contribution in [2.24, 2.45) is 0 Å². The number of esters is 1. The lowest BCUT2D eigenvalue weighted by molar-refractivity contribution is 0.0514. The van der Waals surface area contributed by atoms with Crippen LogP contribution in [-0.4, -0.2) is 48.6 Å². The van der Waals surface area contributed by atoms with Gasteiger partial charge < -0.3 is 13.7 Å². The Kier molecular flexibility index (Phi) is 9.49. The number of aldehydes is 1. The fourth-order valence-corrected chi connectivity index (χ4v) is 8.16. The van der Waals surface area contributed by atoms with Crippen LogP contribution in [0.25, 0.3) is 33.6 Å². The van der Waals surface area contributed by atoms with Crippen molar-refractivity contribution in [2.75, 3.05) is 6.61 Å². The van der Waals surface area contributed by atoms with Crippen molar-refractivity contribution in [2.45, 2.75) is 19.0 Å². The van der Waals surface area contributed by atoms with Crippen LogP contribution in [0.4, 0.5) is 0 Å². The standard InChI is InChI=1S/C42H30BrClN6O4/c1-2-54-41(52)38-39(44)45-35(25-51)49(38)24-33-30-22-23-53-26-34(30)37(43)36(33)31-20-12-13-21-32(31)40-46-48-50(47-40)42(27-14-6-3-7-15-27,28-16-8-4-9-17-28)29-18-10-5-11-19-29/h3-23,25-26H,2,24H2,1H3. The lowest BCUT2D eigenvalue weighted by atomic mass is 9.77. The summed E-state index contributed by atoms with van der Waals surface area (Å²) in [6.45, 7) is 1.87. The van der Waals surface area contributed by atoms with Crippen molar-refractivity contribution in [3.8, 4) is 33.6 Å². The normalized spacial score (nSPS) is 11.5. The van der Waals surface area contributed by atoms with E-state index < -0.39 is 11.5 Å². The van der Waals surface area contributed by atoms with Crippen LogP contribution < -0.4 is 0 Å². The number of imidazole rings is 1. The Hall–Kier alpha value is -6.17. The highest BCUT2D eigenvalue weighted by molar-refractivity contribution is 9.10. The van der Waals surface area contributed by atoms with E-state index in [9.17, 15) is 9.59 Å². The minimum atomic E-state index is -0.971. The Morgan fingerprint density at radius 3 is 2.02 bits per heavy atom. The largest absolute Gasteiger partial charge is 0.472 e. The zero-order chi connectivity index (χ0) is 37.2. The van der Waals surface area contributed by atoms with Crippen LogP contribution in [0.1, 0.15) is 50.3 Å². The summed E-state index contributed by atoms with van der Waals surface area (Å²) in [5, 5.41) is 14.5. The average molecular weight is 798 g/mol. The number of fused-ring (bicyclic) bond motifs is 1. The van der Waals surface area contributed by atoms with E-state index in [2.05, 4.69) is 57.3 Å². The van der Waals surface area contributed by atoms with Crippen molar-refractivity contribution in [1.82, 2.24) is 29.8 Å². The van der Waals surface area contributed by atoms with E-state index in [-0.39, 0.29) is 29.8 Å². The van der Waals surface area contributed by atoms with E-state index in [0.717, 1.165) is 49.0 Å². The van der Waals surface area contributed by atoms with Gasteiger partial charge in [0, 0.05) is 21.2 Å². The summed E-state index contributed by atoms with van der Waals surface area (Å²) in [5.41, 5.74) is 6.50. The number of carbonyl (C=O) groups excluding carboxylic acids is 2. The van der Waals surface area contributed by atoms with Gasteiger partial charge in [0.05, 0.1) is 25.7 Å². The first-order valence-corrected chi connectivity index (χ1v) is 18.3. The highest BCUT2D eigenvalue weighted by Crippen LogP contribution is 2.49. The molecule has 6 aromatic rings. The van der Waals surface area contributed by atoms with Crippen LogP contribution >= 0.6 is 27.5 Å². The van der Waals surface area contributed by atoms with Crippen molar-refractivity contribution >= 4 is 39.8 Å². The smallest absolute Gasteiger partial charge is 0.358 e. The van der Waals surface area contributed by atoms with Crippen LogP contribution in [0.15, 0.2) is 143 Å². The highest BCUT2D eigenvalue weighted by atomic mass is 79.9. The third kappa shape index (κ3) is 5.82. The summed E-state index contributed by atoms with van der Waals surface area (Å²) in [7, 11) is 0. The van der Waals surface area contributed by atoms with E-state index in [4.69, 9.17) is 36.2 Å². The maximum absolute atomic E-state index is 13.1. The Morgan fingerprint density at radius 1 is 0.833 bits per heavy atom. The van der Waals surface area contributed by atoms with Crippen LogP contribution in [0.2, 0.25) is 5.15 Å². The van der Waals surface area contributed by atoms with Gasteiger partial charge in [0.1, 0.15) is 0 Å². The van der Waals surface area contributed by atoms with Gasteiger partial charge in [-0.25, -0.2) is 9.78 Å². The van der Waals surface area contributed by atoms with Gasteiger partial charge in [-0.05, 0) is 67.5 Å². The molecule has 266 valence electrons. The van der Waals surface area contributed by atoms with Gasteiger partial charge in [-0.15, -0.1) is 15.0 Å². The summed E-state index contributed by atoms with van der Waals surface area (Å²) in [6, 6.07) is 40.0. The number of ether oxygens (including phenoxy) is 1. The Morgan fingerprint density at radius 2 is 1.43 bits per heavy atom. The number of rotatable bonds is 11. The third-order valence-electron chi connectivity index (χ3n) is 9.44. The molecule has 0 fully saturated rings. The maximum Gasteiger partial charge on any atom is 0.358 e. The van der Waals surface area contributed by atoms with Crippen LogP contribution in [0.3, 0.4) is 0 Å². The predicted octanol–water partition coefficient (Wildman–Crippen LogP) is 9.20. The van der Waals surface area contributed by atoms with Crippen LogP contribution in [0.5, 0.6) is 0 Å². The average Bonchev–Trinajstić information content (AvgIpc) is 3.91. The number of nitrogens with zero attached hydrogens (tertiary/aromatic N) is 6. The molecule has 1 aliphatic heterocycles. The Bertz CT molecular complexity index is 2470. The molecule has 0 saturated carbocycles. The first-order chi connectivity index (χ1) is 26.5. The SMILES string of the molecule is CCOC(=O)c1c(Cl)nc(C=O)n1Cc1c2ccocc-2c(Br)c1-c1ccccc1-c1nnn(C(c2ccccc2)(c2ccccc2)c2ccccc2)n1. The van der Waals surface area contributed by atoms with E-state index >= 15 is 0 Å². The molecule has 0 radical (unpaired) electrons. The number of aromatic nitrogens is 6. The number of hydrogen-bond donors (Lipinski definition) is 0. The quantitative estimate of drug-likeness (QED) is 0.0723. The molecule has 0 N–H and O–H groups in total. The highest BCUT2D eigenvalue weighted by Gasteiger charge is 2.41. The molecule has 12 heteroatoms. The maximum atomic E-state index is 13.1. The lowest BCUT2D eigenvalue weighted by Crippen LogP contribution is -2.39. The molecule has 1 aliphatic carbocycles. The molecule has 8 rings (SSSR count). The van der Waals surface area contributed by atoms with Crippen molar-refractivity contribution in [3.63, 3.8) is 0 Å². The summed E-state index contributed by atoms with van der Waals surface area (Å²) in [5.74, 6) is -0.316. The molecule has 2 aromatic heterocycles. The molecule has 0 spiro atoms. The minimum absolute atomic E-state index is 0.0166. The number of benzene rings is 4. The lowest BCUT2D eigenvalue weighted by Gasteiger charge is -2.34. The van der Waals surface area contributed by atoms with E-state index in [1.54, 1.807) is 24.2 Å². The van der Waals surface area contributed by atoms with Gasteiger partial charge in [-0.2, -0.15) is 0 Å². The van der Waals surface area contributed by atoms with Gasteiger partial charge in [0.15, 0.2) is 28.5 Å². The summed E-state index contributed by atoms with van der Waals surface area (Å²) >= 11 is 10.3. The molecular formula is C42H30BrClN6O4. The molecule has 0 atom stereocenters. The third-order valence-corrected chi connectivity index (χ3v) is 10.5. The molecule has 0 saturated heterocycles.